The number of benzene rings is 4. The highest BCUT2D eigenvalue weighted by atomic mass is 35.5. The molecule has 3 heteroatoms. The second kappa shape index (κ2) is 10.3. The van der Waals surface area contributed by atoms with Gasteiger partial charge in [-0.25, -0.2) is 0 Å². The Morgan fingerprint density at radius 3 is 1.12 bits per heavy atom. The van der Waals surface area contributed by atoms with Crippen molar-refractivity contribution in [3.05, 3.63) is 134 Å². The zero-order valence-corrected chi connectivity index (χ0v) is 21.1. The van der Waals surface area contributed by atoms with Crippen LogP contribution in [0.25, 0.3) is 0 Å². The van der Waals surface area contributed by atoms with Crippen molar-refractivity contribution in [1.82, 2.24) is 0 Å². The molecule has 0 aromatic heterocycles. The molecule has 4 rings (SSSR count). The number of halogens is 1. The Morgan fingerprint density at radius 2 is 0.844 bits per heavy atom. The van der Waals surface area contributed by atoms with E-state index in [2.05, 4.69) is 134 Å². The topological polar surface area (TPSA) is 0 Å². The summed E-state index contributed by atoms with van der Waals surface area (Å²) in [4.78, 5) is 0. The minimum absolute atomic E-state index is 0.659. The molecule has 0 nitrogen and oxygen atoms in total. The van der Waals surface area contributed by atoms with Gasteiger partial charge in [-0.2, -0.15) is 0 Å². The summed E-state index contributed by atoms with van der Waals surface area (Å²) in [7, 11) is -4.49. The number of allylic oxidation sites excluding steroid dienone is 1. The molecular formula is C29H29ClSi2. The molecule has 0 aliphatic heterocycles. The summed E-state index contributed by atoms with van der Waals surface area (Å²) in [6.45, 7) is 4.22. The van der Waals surface area contributed by atoms with Crippen molar-refractivity contribution in [3.63, 3.8) is 0 Å². The molecule has 0 saturated carbocycles. The van der Waals surface area contributed by atoms with Crippen LogP contribution in [-0.4, -0.2) is 21.7 Å². The fourth-order valence-corrected chi connectivity index (χ4v) is 20.4. The van der Waals surface area contributed by atoms with E-state index < -0.39 is 16.1 Å². The zero-order valence-electron chi connectivity index (χ0n) is 18.3. The largest absolute Gasteiger partial charge is 0.130 e. The molecule has 0 radical (unpaired) electrons. The monoisotopic (exact) mass is 468 g/mol. The van der Waals surface area contributed by atoms with Crippen LogP contribution >= 0.6 is 11.6 Å². The normalized spacial score (nSPS) is 11.8. The maximum atomic E-state index is 7.03. The van der Waals surface area contributed by atoms with Gasteiger partial charge in [-0.05, 0) is 11.7 Å². The third-order valence-corrected chi connectivity index (χ3v) is 20.0. The van der Waals surface area contributed by atoms with Gasteiger partial charge in [-0.1, -0.05) is 148 Å². The van der Waals surface area contributed by atoms with Gasteiger partial charge < -0.3 is 0 Å². The van der Waals surface area contributed by atoms with Gasteiger partial charge in [0, 0.05) is 5.50 Å². The summed E-state index contributed by atoms with van der Waals surface area (Å²) in [6.07, 6.45) is 2.13. The maximum Gasteiger partial charge on any atom is 0.130 e. The van der Waals surface area contributed by atoms with E-state index in [1.165, 1.54) is 20.7 Å². The van der Waals surface area contributed by atoms with Crippen molar-refractivity contribution in [1.29, 1.82) is 0 Å². The summed E-state index contributed by atoms with van der Waals surface area (Å²) in [5.74, 6) is 0. The average Bonchev–Trinajstić information content (AvgIpc) is 2.89. The predicted molar refractivity (Wildman–Crippen MR) is 146 cm³/mol. The van der Waals surface area contributed by atoms with Gasteiger partial charge in [0.2, 0.25) is 0 Å². The second-order valence-corrected chi connectivity index (χ2v) is 18.0. The lowest BCUT2D eigenvalue weighted by Crippen LogP contribution is -2.70. The van der Waals surface area contributed by atoms with E-state index in [-0.39, 0.29) is 0 Å². The summed E-state index contributed by atoms with van der Waals surface area (Å²) in [6, 6.07) is 45.3. The molecular weight excluding hydrogens is 440 g/mol. The lowest BCUT2D eigenvalue weighted by Gasteiger charge is -2.41. The van der Waals surface area contributed by atoms with E-state index in [9.17, 15) is 0 Å². The Balaban J connectivity index is 2.00. The third-order valence-electron chi connectivity index (χ3n) is 6.63. The van der Waals surface area contributed by atoms with Crippen molar-refractivity contribution in [2.24, 2.45) is 0 Å². The van der Waals surface area contributed by atoms with Crippen molar-refractivity contribution >= 4 is 48.5 Å². The SMILES string of the molecule is C=CC[Si](C[Si](CCl)(c1ccccc1)c1ccccc1)(c1ccccc1)c1ccccc1. The van der Waals surface area contributed by atoms with Gasteiger partial charge in [0.05, 0.1) is 0 Å². The zero-order chi connectivity index (χ0) is 22.3. The van der Waals surface area contributed by atoms with Crippen molar-refractivity contribution in [3.8, 4) is 0 Å². The Morgan fingerprint density at radius 1 is 0.531 bits per heavy atom. The van der Waals surface area contributed by atoms with Gasteiger partial charge in [-0.3, -0.25) is 0 Å². The van der Waals surface area contributed by atoms with Crippen LogP contribution in [0.1, 0.15) is 0 Å². The first kappa shape index (κ1) is 22.5. The first-order chi connectivity index (χ1) is 15.7. The molecule has 160 valence electrons. The van der Waals surface area contributed by atoms with E-state index in [0.717, 1.165) is 11.7 Å². The molecule has 0 N–H and O–H groups in total. The van der Waals surface area contributed by atoms with Gasteiger partial charge in [-0.15, -0.1) is 18.2 Å². The summed E-state index contributed by atoms with van der Waals surface area (Å²) < 4.78 is 0. The fraction of sp³-hybridized carbons (Fsp3) is 0.103. The first-order valence-electron chi connectivity index (χ1n) is 11.1. The lowest BCUT2D eigenvalue weighted by molar-refractivity contribution is 1.49. The Labute approximate surface area is 199 Å². The minimum atomic E-state index is -2.28. The van der Waals surface area contributed by atoms with E-state index in [4.69, 9.17) is 11.6 Å². The standard InChI is InChI=1S/C29H29ClSi2/c1-2-23-31(26-15-7-3-8-16-26,27-17-9-4-10-18-27)25-32(24-30,28-19-11-5-12-20-28)29-21-13-6-14-22-29/h2-22H,1,23-25H2. The Bertz CT molecular complexity index is 1030. The van der Waals surface area contributed by atoms with Gasteiger partial charge in [0.1, 0.15) is 16.1 Å². The van der Waals surface area contributed by atoms with E-state index >= 15 is 0 Å². The van der Waals surface area contributed by atoms with Crippen LogP contribution in [0.4, 0.5) is 0 Å². The van der Waals surface area contributed by atoms with Crippen molar-refractivity contribution in [2.45, 2.75) is 11.7 Å². The van der Waals surface area contributed by atoms with Crippen LogP contribution in [0.5, 0.6) is 0 Å². The molecule has 0 aliphatic carbocycles. The van der Waals surface area contributed by atoms with Crippen LogP contribution < -0.4 is 20.7 Å². The summed E-state index contributed by atoms with van der Waals surface area (Å²) in [5.41, 5.74) is 1.77. The van der Waals surface area contributed by atoms with Crippen LogP contribution in [0.15, 0.2) is 134 Å². The Hall–Kier alpha value is -2.66. The summed E-state index contributed by atoms with van der Waals surface area (Å²) >= 11 is 7.03. The van der Waals surface area contributed by atoms with Crippen molar-refractivity contribution in [2.75, 3.05) is 5.50 Å². The molecule has 4 aromatic rings. The number of rotatable bonds is 9. The van der Waals surface area contributed by atoms with Crippen LogP contribution in [0.3, 0.4) is 0 Å². The van der Waals surface area contributed by atoms with Gasteiger partial charge >= 0.3 is 0 Å². The van der Waals surface area contributed by atoms with E-state index in [0.29, 0.717) is 5.50 Å². The molecule has 0 saturated heterocycles. The summed E-state index contributed by atoms with van der Waals surface area (Å²) in [5, 5.41) is 5.74. The lowest BCUT2D eigenvalue weighted by atomic mass is 10.4. The first-order valence-corrected chi connectivity index (χ1v) is 16.5. The van der Waals surface area contributed by atoms with Gasteiger partial charge in [0.15, 0.2) is 0 Å². The molecule has 0 heterocycles. The minimum Gasteiger partial charge on any atom is -0.129 e. The number of hydrogen-bond acceptors (Lipinski definition) is 0. The molecule has 0 fully saturated rings. The molecule has 0 spiro atoms. The number of hydrogen-bond donors (Lipinski definition) is 0. The molecule has 0 unspecified atom stereocenters. The molecule has 4 aromatic carbocycles. The fourth-order valence-electron chi connectivity index (χ4n) is 5.04. The highest BCUT2D eigenvalue weighted by Gasteiger charge is 2.47. The highest BCUT2D eigenvalue weighted by molar-refractivity contribution is 7.19. The second-order valence-electron chi connectivity index (χ2n) is 8.43. The van der Waals surface area contributed by atoms with Gasteiger partial charge in [0.25, 0.3) is 0 Å². The molecule has 0 aliphatic rings. The maximum absolute atomic E-state index is 7.03. The van der Waals surface area contributed by atoms with Crippen LogP contribution in [0, 0.1) is 0 Å². The molecule has 0 bridgehead atoms. The molecule has 32 heavy (non-hydrogen) atoms. The van der Waals surface area contributed by atoms with Crippen molar-refractivity contribution < 1.29 is 0 Å². The molecule has 0 amide bonds. The average molecular weight is 469 g/mol. The predicted octanol–water partition coefficient (Wildman–Crippen LogP) is 5.02. The Kier molecular flexibility index (Phi) is 7.26. The van der Waals surface area contributed by atoms with E-state index in [1.807, 2.05) is 0 Å². The molecule has 0 atom stereocenters. The smallest absolute Gasteiger partial charge is 0.129 e. The highest BCUT2D eigenvalue weighted by Crippen LogP contribution is 2.26. The third kappa shape index (κ3) is 4.31. The van der Waals surface area contributed by atoms with Crippen LogP contribution in [0.2, 0.25) is 11.7 Å². The quantitative estimate of drug-likeness (QED) is 0.184. The van der Waals surface area contributed by atoms with Crippen LogP contribution in [-0.2, 0) is 0 Å². The number of alkyl halides is 1. The van der Waals surface area contributed by atoms with E-state index in [1.54, 1.807) is 0 Å².